The van der Waals surface area contributed by atoms with Crippen LogP contribution < -0.4 is 0 Å². The number of Topliss-reactive ketones (excluding diaryl/α,β-unsaturated/α-hetero) is 1. The lowest BCUT2D eigenvalue weighted by Gasteiger charge is -2.05. The molecule has 8 heteroatoms. The Kier molecular flexibility index (Phi) is 4.19. The van der Waals surface area contributed by atoms with Gasteiger partial charge in [-0.1, -0.05) is 0 Å². The summed E-state index contributed by atoms with van der Waals surface area (Å²) in [5, 5.41) is 10.8. The van der Waals surface area contributed by atoms with Gasteiger partial charge in [0.15, 0.2) is 6.61 Å². The number of nitrogens with one attached hydrogen (secondary N) is 1. The van der Waals surface area contributed by atoms with Gasteiger partial charge in [-0.3, -0.25) is 4.79 Å². The lowest BCUT2D eigenvalue weighted by atomic mass is 10.1. The molecule has 0 aliphatic heterocycles. The van der Waals surface area contributed by atoms with Gasteiger partial charge < -0.3 is 9.72 Å². The maximum atomic E-state index is 12.1. The summed E-state index contributed by atoms with van der Waals surface area (Å²) >= 11 is 0. The van der Waals surface area contributed by atoms with E-state index in [1.54, 1.807) is 37.3 Å². The Morgan fingerprint density at radius 2 is 1.96 bits per heavy atom. The number of esters is 1. The first-order valence-electron chi connectivity index (χ1n) is 7.24. The van der Waals surface area contributed by atoms with Crippen molar-refractivity contribution in [1.82, 2.24) is 25.2 Å². The molecule has 0 radical (unpaired) electrons. The zero-order chi connectivity index (χ0) is 17.1. The molecule has 0 saturated heterocycles. The van der Waals surface area contributed by atoms with Crippen LogP contribution in [-0.4, -0.2) is 43.6 Å². The number of carbonyl (C=O) groups is 2. The highest BCUT2D eigenvalue weighted by atomic mass is 16.5. The molecule has 0 bridgehead atoms. The Labute approximate surface area is 137 Å². The van der Waals surface area contributed by atoms with Gasteiger partial charge in [0.05, 0.1) is 11.3 Å². The van der Waals surface area contributed by atoms with E-state index in [2.05, 4.69) is 20.5 Å². The summed E-state index contributed by atoms with van der Waals surface area (Å²) in [6.45, 7) is 3.37. The molecule has 3 aromatic rings. The molecule has 0 fully saturated rings. The van der Waals surface area contributed by atoms with Crippen molar-refractivity contribution in [3.8, 4) is 5.69 Å². The predicted molar refractivity (Wildman–Crippen MR) is 84.0 cm³/mol. The highest BCUT2D eigenvalue weighted by molar-refractivity contribution is 6.00. The molecule has 2 heterocycles. The average molecular weight is 325 g/mol. The third-order valence-electron chi connectivity index (χ3n) is 3.50. The average Bonchev–Trinajstić information content (AvgIpc) is 3.22. The summed E-state index contributed by atoms with van der Waals surface area (Å²) < 4.78 is 6.56. The normalized spacial score (nSPS) is 10.6. The fourth-order valence-electron chi connectivity index (χ4n) is 2.34. The summed E-state index contributed by atoms with van der Waals surface area (Å²) in [6.07, 6.45) is 1.45. The molecular weight excluding hydrogens is 310 g/mol. The van der Waals surface area contributed by atoms with E-state index in [-0.39, 0.29) is 12.4 Å². The van der Waals surface area contributed by atoms with Gasteiger partial charge >= 0.3 is 5.97 Å². The lowest BCUT2D eigenvalue weighted by molar-refractivity contribution is 0.0474. The van der Waals surface area contributed by atoms with Gasteiger partial charge in [0.1, 0.15) is 6.33 Å². The van der Waals surface area contributed by atoms with E-state index in [1.807, 2.05) is 6.92 Å². The van der Waals surface area contributed by atoms with E-state index in [4.69, 9.17) is 4.74 Å². The second-order valence-electron chi connectivity index (χ2n) is 5.29. The maximum Gasteiger partial charge on any atom is 0.338 e. The minimum Gasteiger partial charge on any atom is -0.454 e. The third kappa shape index (κ3) is 3.22. The summed E-state index contributed by atoms with van der Waals surface area (Å²) in [5.74, 6) is -0.799. The van der Waals surface area contributed by atoms with Crippen molar-refractivity contribution in [2.45, 2.75) is 13.8 Å². The van der Waals surface area contributed by atoms with Gasteiger partial charge in [0, 0.05) is 17.0 Å². The van der Waals surface area contributed by atoms with Gasteiger partial charge in [-0.15, -0.1) is 5.10 Å². The fraction of sp³-hybridized carbons (Fsp3) is 0.188. The van der Waals surface area contributed by atoms with Crippen molar-refractivity contribution in [3.05, 3.63) is 59.2 Å². The second kappa shape index (κ2) is 6.45. The number of hydrogen-bond acceptors (Lipinski definition) is 6. The summed E-state index contributed by atoms with van der Waals surface area (Å²) in [6, 6.07) is 8.31. The molecule has 1 aromatic carbocycles. The number of benzene rings is 1. The maximum absolute atomic E-state index is 12.1. The molecule has 0 aliphatic rings. The number of ketones is 1. The molecule has 0 unspecified atom stereocenters. The lowest BCUT2D eigenvalue weighted by Crippen LogP contribution is -2.14. The van der Waals surface area contributed by atoms with Crippen LogP contribution in [0, 0.1) is 13.8 Å². The molecule has 0 atom stereocenters. The van der Waals surface area contributed by atoms with Crippen molar-refractivity contribution in [2.24, 2.45) is 0 Å². The number of tetrazole rings is 1. The number of H-pyrrole nitrogens is 1. The number of rotatable bonds is 5. The van der Waals surface area contributed by atoms with Crippen molar-refractivity contribution >= 4 is 11.8 Å². The van der Waals surface area contributed by atoms with Crippen molar-refractivity contribution in [3.63, 3.8) is 0 Å². The molecule has 0 saturated carbocycles. The summed E-state index contributed by atoms with van der Waals surface area (Å²) in [5.41, 5.74) is 3.25. The van der Waals surface area contributed by atoms with E-state index >= 15 is 0 Å². The molecule has 3 rings (SSSR count). The SMILES string of the molecule is Cc1cc(C(=O)COC(=O)c2ccc(-n3cnnn3)cc2)c(C)[nH]1. The van der Waals surface area contributed by atoms with Gasteiger partial charge in [-0.2, -0.15) is 0 Å². The van der Waals surface area contributed by atoms with Crippen LogP contribution in [0.4, 0.5) is 0 Å². The standard InChI is InChI=1S/C16H15N5O3/c1-10-7-14(11(2)18-10)15(22)8-24-16(23)12-3-5-13(6-4-12)21-9-17-19-20-21/h3-7,9,18H,8H2,1-2H3. The minimum atomic E-state index is -0.559. The quantitative estimate of drug-likeness (QED) is 0.565. The van der Waals surface area contributed by atoms with E-state index in [1.165, 1.54) is 11.0 Å². The monoisotopic (exact) mass is 325 g/mol. The first-order chi connectivity index (χ1) is 11.5. The molecule has 0 aliphatic carbocycles. The molecule has 8 nitrogen and oxygen atoms in total. The summed E-state index contributed by atoms with van der Waals surface area (Å²) in [4.78, 5) is 27.2. The molecule has 2 aromatic heterocycles. The number of hydrogen-bond donors (Lipinski definition) is 1. The Bertz CT molecular complexity index is 866. The molecule has 1 N–H and O–H groups in total. The third-order valence-corrected chi connectivity index (χ3v) is 3.50. The highest BCUT2D eigenvalue weighted by Crippen LogP contribution is 2.12. The van der Waals surface area contributed by atoms with E-state index in [9.17, 15) is 9.59 Å². The smallest absolute Gasteiger partial charge is 0.338 e. The topological polar surface area (TPSA) is 103 Å². The van der Waals surface area contributed by atoms with Crippen LogP contribution in [0.5, 0.6) is 0 Å². The van der Waals surface area contributed by atoms with Crippen LogP contribution >= 0.6 is 0 Å². The Morgan fingerprint density at radius 3 is 2.54 bits per heavy atom. The van der Waals surface area contributed by atoms with Crippen molar-refractivity contribution in [1.29, 1.82) is 0 Å². The first kappa shape index (κ1) is 15.6. The van der Waals surface area contributed by atoms with Crippen LogP contribution in [0.2, 0.25) is 0 Å². The van der Waals surface area contributed by atoms with Crippen molar-refractivity contribution in [2.75, 3.05) is 6.61 Å². The van der Waals surface area contributed by atoms with Gasteiger partial charge in [0.25, 0.3) is 0 Å². The minimum absolute atomic E-state index is 0.240. The molecule has 24 heavy (non-hydrogen) atoms. The van der Waals surface area contributed by atoms with Crippen LogP contribution in [0.25, 0.3) is 5.69 Å². The molecule has 122 valence electrons. The Balaban J connectivity index is 1.63. The number of nitrogens with zero attached hydrogens (tertiary/aromatic N) is 4. The van der Waals surface area contributed by atoms with Crippen LogP contribution in [0.15, 0.2) is 36.7 Å². The molecule has 0 spiro atoms. The van der Waals surface area contributed by atoms with Crippen LogP contribution in [-0.2, 0) is 4.74 Å². The molecule has 0 amide bonds. The zero-order valence-electron chi connectivity index (χ0n) is 13.2. The Hall–Kier alpha value is -3.29. The van der Waals surface area contributed by atoms with Crippen molar-refractivity contribution < 1.29 is 14.3 Å². The number of aromatic amines is 1. The molecular formula is C16H15N5O3. The number of aryl methyl sites for hydroxylation is 2. The first-order valence-corrected chi connectivity index (χ1v) is 7.24. The number of carbonyl (C=O) groups excluding carboxylic acids is 2. The Morgan fingerprint density at radius 1 is 1.21 bits per heavy atom. The fourth-order valence-corrected chi connectivity index (χ4v) is 2.34. The number of aromatic nitrogens is 5. The van der Waals surface area contributed by atoms with E-state index in [0.717, 1.165) is 11.4 Å². The van der Waals surface area contributed by atoms with Crippen LogP contribution in [0.1, 0.15) is 32.1 Å². The van der Waals surface area contributed by atoms with E-state index in [0.29, 0.717) is 16.8 Å². The van der Waals surface area contributed by atoms with Gasteiger partial charge in [0.2, 0.25) is 5.78 Å². The summed E-state index contributed by atoms with van der Waals surface area (Å²) in [7, 11) is 0. The van der Waals surface area contributed by atoms with E-state index < -0.39 is 5.97 Å². The largest absolute Gasteiger partial charge is 0.454 e. The highest BCUT2D eigenvalue weighted by Gasteiger charge is 2.15. The van der Waals surface area contributed by atoms with Crippen LogP contribution in [0.3, 0.4) is 0 Å². The van der Waals surface area contributed by atoms with Gasteiger partial charge in [-0.25, -0.2) is 9.48 Å². The zero-order valence-corrected chi connectivity index (χ0v) is 13.2. The number of ether oxygens (including phenoxy) is 1. The second-order valence-corrected chi connectivity index (χ2v) is 5.29. The predicted octanol–water partition coefficient (Wildman–Crippen LogP) is 1.65. The van der Waals surface area contributed by atoms with Gasteiger partial charge in [-0.05, 0) is 54.6 Å².